The van der Waals surface area contributed by atoms with Crippen LogP contribution >= 0.6 is 11.6 Å². The number of carbonyl (C=O) groups is 4. The fraction of sp³-hybridized carbons (Fsp3) is 0.800. The molecule has 0 spiro atoms. The van der Waals surface area contributed by atoms with Crippen molar-refractivity contribution in [3.63, 3.8) is 0 Å². The van der Waals surface area contributed by atoms with Crippen molar-refractivity contribution < 1.29 is 23.9 Å². The average molecular weight is 387 g/mol. The first kappa shape index (κ1) is 22.8. The standard InChI is InChI=1S/C20H31ClO5/c1-3-4-5-6-7-8-9-10-11-12-15(22)17-16(23)13-14-20(21,18(17)24)19(25)26-2/h17H,3-14H2,1-2H3. The molecule has 0 amide bonds. The molecule has 0 radical (unpaired) electrons. The quantitative estimate of drug-likeness (QED) is 0.217. The van der Waals surface area contributed by atoms with Crippen LogP contribution in [0.3, 0.4) is 0 Å². The van der Waals surface area contributed by atoms with Crippen LogP contribution in [0.1, 0.15) is 84.0 Å². The molecule has 1 aliphatic rings. The zero-order valence-corrected chi connectivity index (χ0v) is 16.7. The number of Topliss-reactive ketones (excluding diaryl/α,β-unsaturated/α-hetero) is 3. The second-order valence-electron chi connectivity index (χ2n) is 7.10. The van der Waals surface area contributed by atoms with Crippen LogP contribution in [0.2, 0.25) is 0 Å². The molecule has 0 N–H and O–H groups in total. The van der Waals surface area contributed by atoms with Gasteiger partial charge in [0, 0.05) is 12.8 Å². The number of esters is 1. The summed E-state index contributed by atoms with van der Waals surface area (Å²) in [6.07, 6.45) is 10.0. The molecule has 0 aromatic carbocycles. The van der Waals surface area contributed by atoms with Crippen LogP contribution < -0.4 is 0 Å². The van der Waals surface area contributed by atoms with Crippen LogP contribution in [-0.2, 0) is 23.9 Å². The molecule has 6 heteroatoms. The minimum Gasteiger partial charge on any atom is -0.467 e. The van der Waals surface area contributed by atoms with E-state index in [-0.39, 0.29) is 19.3 Å². The van der Waals surface area contributed by atoms with Gasteiger partial charge < -0.3 is 4.74 Å². The van der Waals surface area contributed by atoms with Crippen molar-refractivity contribution in [1.82, 2.24) is 0 Å². The maximum absolute atomic E-state index is 12.5. The van der Waals surface area contributed by atoms with Crippen molar-refractivity contribution in [2.75, 3.05) is 7.11 Å². The van der Waals surface area contributed by atoms with E-state index in [2.05, 4.69) is 11.7 Å². The van der Waals surface area contributed by atoms with E-state index in [1.54, 1.807) is 0 Å². The third-order valence-corrected chi connectivity index (χ3v) is 5.58. The zero-order chi connectivity index (χ0) is 19.6. The molecular weight excluding hydrogens is 356 g/mol. The highest BCUT2D eigenvalue weighted by Crippen LogP contribution is 2.35. The van der Waals surface area contributed by atoms with Crippen LogP contribution in [0.4, 0.5) is 0 Å². The molecule has 0 saturated heterocycles. The van der Waals surface area contributed by atoms with Crippen LogP contribution in [0.25, 0.3) is 0 Å². The molecular formula is C20H31ClO5. The van der Waals surface area contributed by atoms with Gasteiger partial charge in [0.1, 0.15) is 5.92 Å². The zero-order valence-electron chi connectivity index (χ0n) is 16.0. The third kappa shape index (κ3) is 6.19. The van der Waals surface area contributed by atoms with E-state index in [1.165, 1.54) is 32.1 Å². The average Bonchev–Trinajstić information content (AvgIpc) is 2.63. The van der Waals surface area contributed by atoms with Gasteiger partial charge in [-0.05, 0) is 12.8 Å². The molecule has 26 heavy (non-hydrogen) atoms. The first-order valence-electron chi connectivity index (χ1n) is 9.75. The number of hydrogen-bond acceptors (Lipinski definition) is 5. The van der Waals surface area contributed by atoms with Crippen molar-refractivity contribution in [2.24, 2.45) is 5.92 Å². The van der Waals surface area contributed by atoms with E-state index in [0.717, 1.165) is 26.4 Å². The predicted octanol–water partition coefficient (Wildman–Crippen LogP) is 4.18. The minimum atomic E-state index is -1.90. The second kappa shape index (κ2) is 11.5. The summed E-state index contributed by atoms with van der Waals surface area (Å²) in [5.74, 6) is -3.97. The van der Waals surface area contributed by atoms with Crippen LogP contribution in [0.15, 0.2) is 0 Å². The van der Waals surface area contributed by atoms with E-state index in [9.17, 15) is 19.2 Å². The highest BCUT2D eigenvalue weighted by molar-refractivity contribution is 6.49. The summed E-state index contributed by atoms with van der Waals surface area (Å²) in [5, 5.41) is 0. The van der Waals surface area contributed by atoms with E-state index in [4.69, 9.17) is 11.6 Å². The Bertz CT molecular complexity index is 516. The smallest absolute Gasteiger partial charge is 0.334 e. The van der Waals surface area contributed by atoms with Gasteiger partial charge in [0.2, 0.25) is 4.87 Å². The van der Waals surface area contributed by atoms with E-state index in [1.807, 2.05) is 0 Å². The molecule has 0 heterocycles. The maximum Gasteiger partial charge on any atom is 0.334 e. The third-order valence-electron chi connectivity index (χ3n) is 5.05. The molecule has 0 aromatic heterocycles. The molecule has 1 rings (SSSR count). The van der Waals surface area contributed by atoms with Gasteiger partial charge in [0.25, 0.3) is 0 Å². The first-order chi connectivity index (χ1) is 12.4. The summed E-state index contributed by atoms with van der Waals surface area (Å²) >= 11 is 6.11. The molecule has 148 valence electrons. The van der Waals surface area contributed by atoms with Gasteiger partial charge in [-0.1, -0.05) is 69.9 Å². The molecule has 1 fully saturated rings. The van der Waals surface area contributed by atoms with E-state index >= 15 is 0 Å². The number of unbranched alkanes of at least 4 members (excludes halogenated alkanes) is 8. The Balaban J connectivity index is 2.39. The lowest BCUT2D eigenvalue weighted by Gasteiger charge is -2.30. The molecule has 2 atom stereocenters. The summed E-state index contributed by atoms with van der Waals surface area (Å²) in [4.78, 5) is 46.8. The van der Waals surface area contributed by atoms with Crippen LogP contribution in [-0.4, -0.2) is 35.3 Å². The van der Waals surface area contributed by atoms with Gasteiger partial charge in [-0.15, -0.1) is 0 Å². The molecule has 1 saturated carbocycles. The summed E-state index contributed by atoms with van der Waals surface area (Å²) in [6.45, 7) is 2.19. The largest absolute Gasteiger partial charge is 0.467 e. The first-order valence-corrected chi connectivity index (χ1v) is 10.1. The predicted molar refractivity (Wildman–Crippen MR) is 100 cm³/mol. The second-order valence-corrected chi connectivity index (χ2v) is 7.75. The Morgan fingerprint density at radius 1 is 1.04 bits per heavy atom. The molecule has 5 nitrogen and oxygen atoms in total. The lowest BCUT2D eigenvalue weighted by Crippen LogP contribution is -2.53. The van der Waals surface area contributed by atoms with Gasteiger partial charge in [-0.3, -0.25) is 14.4 Å². The summed E-state index contributed by atoms with van der Waals surface area (Å²) in [6, 6.07) is 0. The maximum atomic E-state index is 12.5. The number of alkyl halides is 1. The Kier molecular flexibility index (Phi) is 10.1. The van der Waals surface area contributed by atoms with Gasteiger partial charge in [0.05, 0.1) is 7.11 Å². The fourth-order valence-corrected chi connectivity index (χ4v) is 3.66. The molecule has 1 aliphatic carbocycles. The minimum absolute atomic E-state index is 0.0570. The number of carbonyl (C=O) groups excluding carboxylic acids is 4. The summed E-state index contributed by atoms with van der Waals surface area (Å²) in [5.41, 5.74) is 0. The number of halogens is 1. The number of ether oxygens (including phenoxy) is 1. The normalized spacial score (nSPS) is 23.1. The summed E-state index contributed by atoms with van der Waals surface area (Å²) < 4.78 is 4.57. The van der Waals surface area contributed by atoms with Gasteiger partial charge in [0.15, 0.2) is 17.3 Å². The van der Waals surface area contributed by atoms with Crippen molar-refractivity contribution in [3.05, 3.63) is 0 Å². The number of rotatable bonds is 12. The van der Waals surface area contributed by atoms with Gasteiger partial charge >= 0.3 is 5.97 Å². The van der Waals surface area contributed by atoms with E-state index < -0.39 is 34.1 Å². The molecule has 2 unspecified atom stereocenters. The highest BCUT2D eigenvalue weighted by atomic mass is 35.5. The van der Waals surface area contributed by atoms with Crippen LogP contribution in [0.5, 0.6) is 0 Å². The Hall–Kier alpha value is -1.23. The van der Waals surface area contributed by atoms with Gasteiger partial charge in [-0.2, -0.15) is 0 Å². The molecule has 0 bridgehead atoms. The van der Waals surface area contributed by atoms with Crippen molar-refractivity contribution in [1.29, 1.82) is 0 Å². The lowest BCUT2D eigenvalue weighted by molar-refractivity contribution is -0.153. The van der Waals surface area contributed by atoms with E-state index in [0.29, 0.717) is 6.42 Å². The molecule has 0 aromatic rings. The fourth-order valence-electron chi connectivity index (χ4n) is 3.38. The Labute approximate surface area is 161 Å². The number of ketones is 3. The number of hydrogen-bond donors (Lipinski definition) is 0. The van der Waals surface area contributed by atoms with Crippen molar-refractivity contribution >= 4 is 34.9 Å². The lowest BCUT2D eigenvalue weighted by atomic mass is 9.75. The SMILES string of the molecule is CCCCCCCCCCCC(=O)C1C(=O)CCC(Cl)(C(=O)OC)C1=O. The molecule has 0 aliphatic heterocycles. The monoisotopic (exact) mass is 386 g/mol. The topological polar surface area (TPSA) is 77.5 Å². The van der Waals surface area contributed by atoms with Crippen LogP contribution in [0, 0.1) is 5.92 Å². The van der Waals surface area contributed by atoms with Crippen molar-refractivity contribution in [3.8, 4) is 0 Å². The summed E-state index contributed by atoms with van der Waals surface area (Å²) in [7, 11) is 1.13. The Morgan fingerprint density at radius 3 is 2.12 bits per heavy atom. The number of methoxy groups -OCH3 is 1. The Morgan fingerprint density at radius 2 is 1.58 bits per heavy atom. The van der Waals surface area contributed by atoms with Crippen molar-refractivity contribution in [2.45, 2.75) is 88.8 Å². The highest BCUT2D eigenvalue weighted by Gasteiger charge is 2.55. The van der Waals surface area contributed by atoms with Gasteiger partial charge in [-0.25, -0.2) is 4.79 Å².